The zero-order valence-corrected chi connectivity index (χ0v) is 14.7. The molecular weight excluding hydrogens is 316 g/mol. The summed E-state index contributed by atoms with van der Waals surface area (Å²) in [5.41, 5.74) is 0.682. The number of amides is 2. The minimum Gasteiger partial charge on any atom is -0.439 e. The fraction of sp³-hybridized carbons (Fsp3) is 0.368. The summed E-state index contributed by atoms with van der Waals surface area (Å²) in [6.07, 6.45) is 2.68. The molecular formula is C19H24N4O2. The Kier molecular flexibility index (Phi) is 5.50. The zero-order valence-electron chi connectivity index (χ0n) is 14.7. The number of nitrogens with one attached hydrogen (secondary N) is 1. The van der Waals surface area contributed by atoms with E-state index < -0.39 is 0 Å². The molecule has 1 aliphatic rings. The van der Waals surface area contributed by atoms with Crippen molar-refractivity contribution in [3.8, 4) is 11.6 Å². The molecule has 0 spiro atoms. The maximum absolute atomic E-state index is 12.5. The van der Waals surface area contributed by atoms with E-state index in [0.29, 0.717) is 23.2 Å². The number of likely N-dealkylation sites (tertiary alicyclic amines) is 1. The average Bonchev–Trinajstić information content (AvgIpc) is 3.04. The third-order valence-corrected chi connectivity index (χ3v) is 4.15. The lowest BCUT2D eigenvalue weighted by Gasteiger charge is -2.19. The number of carbonyl (C=O) groups excluding carboxylic acids is 1. The molecule has 1 aromatic carbocycles. The lowest BCUT2D eigenvalue weighted by molar-refractivity contribution is 0.219. The van der Waals surface area contributed by atoms with Crippen LogP contribution in [0.1, 0.15) is 6.42 Å². The molecule has 6 nitrogen and oxygen atoms in total. The molecule has 1 saturated heterocycles. The predicted molar refractivity (Wildman–Crippen MR) is 98.0 cm³/mol. The first kappa shape index (κ1) is 17.2. The van der Waals surface area contributed by atoms with Gasteiger partial charge in [0.25, 0.3) is 0 Å². The lowest BCUT2D eigenvalue weighted by atomic mass is 10.1. The quantitative estimate of drug-likeness (QED) is 0.907. The van der Waals surface area contributed by atoms with E-state index in [1.165, 1.54) is 0 Å². The summed E-state index contributed by atoms with van der Waals surface area (Å²) in [5.74, 6) is 1.70. The largest absolute Gasteiger partial charge is 0.439 e. The highest BCUT2D eigenvalue weighted by Gasteiger charge is 2.26. The van der Waals surface area contributed by atoms with Gasteiger partial charge in [0.2, 0.25) is 5.88 Å². The van der Waals surface area contributed by atoms with Crippen LogP contribution in [0.2, 0.25) is 0 Å². The number of anilines is 1. The second-order valence-electron chi connectivity index (χ2n) is 6.59. The van der Waals surface area contributed by atoms with Crippen molar-refractivity contribution in [2.45, 2.75) is 6.42 Å². The summed E-state index contributed by atoms with van der Waals surface area (Å²) < 4.78 is 5.71. The Hall–Kier alpha value is -2.60. The Morgan fingerprint density at radius 2 is 2.12 bits per heavy atom. The van der Waals surface area contributed by atoms with E-state index in [4.69, 9.17) is 4.74 Å². The molecule has 0 aliphatic carbocycles. The van der Waals surface area contributed by atoms with Crippen LogP contribution >= 0.6 is 0 Å². The minimum atomic E-state index is -0.0712. The van der Waals surface area contributed by atoms with Crippen molar-refractivity contribution in [1.82, 2.24) is 14.8 Å². The van der Waals surface area contributed by atoms with Gasteiger partial charge < -0.3 is 19.9 Å². The van der Waals surface area contributed by atoms with Crippen LogP contribution in [-0.4, -0.2) is 54.5 Å². The van der Waals surface area contributed by atoms with Crippen molar-refractivity contribution in [3.63, 3.8) is 0 Å². The number of carbonyl (C=O) groups is 1. The van der Waals surface area contributed by atoms with E-state index in [2.05, 4.69) is 29.3 Å². The van der Waals surface area contributed by atoms with Gasteiger partial charge in [-0.25, -0.2) is 9.78 Å². The molecule has 0 saturated carbocycles. The molecule has 1 aromatic heterocycles. The molecule has 1 atom stereocenters. The Morgan fingerprint density at radius 3 is 2.88 bits per heavy atom. The van der Waals surface area contributed by atoms with Crippen molar-refractivity contribution >= 4 is 11.7 Å². The molecule has 0 bridgehead atoms. The van der Waals surface area contributed by atoms with Crippen LogP contribution in [0.15, 0.2) is 48.7 Å². The molecule has 6 heteroatoms. The molecule has 2 aromatic rings. The topological polar surface area (TPSA) is 57.7 Å². The summed E-state index contributed by atoms with van der Waals surface area (Å²) in [4.78, 5) is 20.7. The van der Waals surface area contributed by atoms with E-state index in [0.717, 1.165) is 26.1 Å². The highest BCUT2D eigenvalue weighted by Crippen LogP contribution is 2.22. The summed E-state index contributed by atoms with van der Waals surface area (Å²) in [7, 11) is 4.13. The molecule has 2 amide bonds. The number of para-hydroxylation sites is 1. The molecule has 0 radical (unpaired) electrons. The third kappa shape index (κ3) is 4.93. The molecule has 1 N–H and O–H groups in total. The van der Waals surface area contributed by atoms with Crippen LogP contribution in [0.4, 0.5) is 10.5 Å². The first-order valence-corrected chi connectivity index (χ1v) is 8.50. The van der Waals surface area contributed by atoms with Gasteiger partial charge >= 0.3 is 6.03 Å². The van der Waals surface area contributed by atoms with E-state index in [9.17, 15) is 4.79 Å². The SMILES string of the molecule is CN(C)CC1CCN(C(=O)Nc2ccnc(Oc3ccccc3)c2)C1. The van der Waals surface area contributed by atoms with Crippen molar-refractivity contribution in [2.24, 2.45) is 5.92 Å². The maximum Gasteiger partial charge on any atom is 0.321 e. The van der Waals surface area contributed by atoms with Gasteiger partial charge in [0.15, 0.2) is 0 Å². The van der Waals surface area contributed by atoms with Crippen molar-refractivity contribution in [1.29, 1.82) is 0 Å². The predicted octanol–water partition coefficient (Wildman–Crippen LogP) is 3.29. The number of hydrogen-bond acceptors (Lipinski definition) is 4. The van der Waals surface area contributed by atoms with Gasteiger partial charge in [-0.2, -0.15) is 0 Å². The Labute approximate surface area is 148 Å². The highest BCUT2D eigenvalue weighted by atomic mass is 16.5. The Morgan fingerprint density at radius 1 is 1.32 bits per heavy atom. The average molecular weight is 340 g/mol. The first-order chi connectivity index (χ1) is 12.1. The van der Waals surface area contributed by atoms with Gasteiger partial charge in [0.05, 0.1) is 0 Å². The van der Waals surface area contributed by atoms with Gasteiger partial charge in [-0.05, 0) is 44.6 Å². The zero-order chi connectivity index (χ0) is 17.6. The van der Waals surface area contributed by atoms with E-state index in [1.54, 1.807) is 18.3 Å². The summed E-state index contributed by atoms with van der Waals surface area (Å²) in [6.45, 7) is 2.60. The van der Waals surface area contributed by atoms with Crippen molar-refractivity contribution < 1.29 is 9.53 Å². The number of hydrogen-bond donors (Lipinski definition) is 1. The van der Waals surface area contributed by atoms with Crippen LogP contribution in [-0.2, 0) is 0 Å². The van der Waals surface area contributed by atoms with E-state index in [1.807, 2.05) is 35.2 Å². The molecule has 2 heterocycles. The molecule has 1 fully saturated rings. The second kappa shape index (κ2) is 7.98. The summed E-state index contributed by atoms with van der Waals surface area (Å²) >= 11 is 0. The fourth-order valence-corrected chi connectivity index (χ4v) is 3.04. The van der Waals surface area contributed by atoms with E-state index >= 15 is 0 Å². The molecule has 132 valence electrons. The minimum absolute atomic E-state index is 0.0712. The summed E-state index contributed by atoms with van der Waals surface area (Å²) in [5, 5.41) is 2.94. The van der Waals surface area contributed by atoms with Crippen LogP contribution in [0.5, 0.6) is 11.6 Å². The van der Waals surface area contributed by atoms with Gasteiger partial charge in [-0.1, -0.05) is 18.2 Å². The van der Waals surface area contributed by atoms with Crippen LogP contribution in [0.25, 0.3) is 0 Å². The Balaban J connectivity index is 1.58. The molecule has 3 rings (SSSR count). The maximum atomic E-state index is 12.5. The number of benzene rings is 1. The van der Waals surface area contributed by atoms with Crippen molar-refractivity contribution in [3.05, 3.63) is 48.7 Å². The fourth-order valence-electron chi connectivity index (χ4n) is 3.04. The number of urea groups is 1. The van der Waals surface area contributed by atoms with Gasteiger partial charge in [-0.3, -0.25) is 0 Å². The number of nitrogens with zero attached hydrogens (tertiary/aromatic N) is 3. The monoisotopic (exact) mass is 340 g/mol. The van der Waals surface area contributed by atoms with Gasteiger partial charge in [0.1, 0.15) is 5.75 Å². The van der Waals surface area contributed by atoms with Crippen LogP contribution in [0.3, 0.4) is 0 Å². The highest BCUT2D eigenvalue weighted by molar-refractivity contribution is 5.89. The standard InChI is InChI=1S/C19H24N4O2/c1-22(2)13-15-9-11-23(14-15)19(24)21-16-8-10-20-18(12-16)25-17-6-4-3-5-7-17/h3-8,10,12,15H,9,11,13-14H2,1-2H3,(H,20,21,24). The normalized spacial score (nSPS) is 16.9. The van der Waals surface area contributed by atoms with E-state index in [-0.39, 0.29) is 6.03 Å². The third-order valence-electron chi connectivity index (χ3n) is 4.15. The summed E-state index contributed by atoms with van der Waals surface area (Å²) in [6, 6.07) is 12.9. The molecule has 1 unspecified atom stereocenters. The lowest BCUT2D eigenvalue weighted by Crippen LogP contribution is -2.34. The van der Waals surface area contributed by atoms with Crippen LogP contribution < -0.4 is 10.1 Å². The van der Waals surface area contributed by atoms with Gasteiger partial charge in [-0.15, -0.1) is 0 Å². The van der Waals surface area contributed by atoms with Gasteiger partial charge in [0, 0.05) is 37.6 Å². The second-order valence-corrected chi connectivity index (χ2v) is 6.59. The number of ether oxygens (including phenoxy) is 1. The van der Waals surface area contributed by atoms with Crippen molar-refractivity contribution in [2.75, 3.05) is 39.0 Å². The number of pyridine rings is 1. The number of aromatic nitrogens is 1. The molecule has 25 heavy (non-hydrogen) atoms. The smallest absolute Gasteiger partial charge is 0.321 e. The first-order valence-electron chi connectivity index (χ1n) is 8.50. The Bertz CT molecular complexity index is 706. The van der Waals surface area contributed by atoms with Crippen LogP contribution in [0, 0.1) is 5.92 Å². The number of rotatable bonds is 5. The molecule has 1 aliphatic heterocycles.